The number of nitrogens with two attached hydrogens (primary N) is 1. The Bertz CT molecular complexity index is 341. The minimum atomic E-state index is -1.01. The van der Waals surface area contributed by atoms with Crippen LogP contribution in [0.1, 0.15) is 12.8 Å². The molecular formula is C9H14N4O3. The molecule has 0 aromatic heterocycles. The van der Waals surface area contributed by atoms with Crippen LogP contribution in [0.5, 0.6) is 0 Å². The first-order chi connectivity index (χ1) is 7.43. The van der Waals surface area contributed by atoms with Crippen molar-refractivity contribution in [2.45, 2.75) is 18.4 Å². The normalized spacial score (nSPS) is 18.6. The fourth-order valence-electron chi connectivity index (χ4n) is 1.80. The van der Waals surface area contributed by atoms with Gasteiger partial charge in [0.1, 0.15) is 5.54 Å². The Labute approximate surface area is 93.0 Å². The number of carbonyl (C=O) groups is 2. The molecule has 0 aromatic rings. The molecule has 0 atom stereocenters. The molecule has 3 N–H and O–H groups in total. The molecule has 1 saturated heterocycles. The fraction of sp³-hybridized carbons (Fsp3) is 0.667. The van der Waals surface area contributed by atoms with Crippen molar-refractivity contribution < 1.29 is 14.7 Å². The molecule has 1 rings (SSSR count). The molecule has 1 heterocycles. The number of nitrogens with zero attached hydrogens (tertiary/aromatic N) is 3. The molecule has 0 saturated carbocycles. The van der Waals surface area contributed by atoms with Gasteiger partial charge in [-0.2, -0.15) is 5.26 Å². The number of carbonyl (C=O) groups excluding carboxylic acids is 1. The van der Waals surface area contributed by atoms with Crippen molar-refractivity contribution in [3.8, 4) is 6.07 Å². The minimum Gasteiger partial charge on any atom is -0.465 e. The molecular weight excluding hydrogens is 212 g/mol. The third-order valence-electron chi connectivity index (χ3n) is 3.04. The molecule has 88 valence electrons. The molecule has 0 spiro atoms. The van der Waals surface area contributed by atoms with Crippen LogP contribution in [0.4, 0.5) is 9.59 Å². The van der Waals surface area contributed by atoms with Crippen LogP contribution in [0.3, 0.4) is 0 Å². The molecule has 16 heavy (non-hydrogen) atoms. The molecule has 0 unspecified atom stereocenters. The van der Waals surface area contributed by atoms with Crippen LogP contribution >= 0.6 is 0 Å². The summed E-state index contributed by atoms with van der Waals surface area (Å²) in [6, 6.07) is 1.39. The summed E-state index contributed by atoms with van der Waals surface area (Å²) in [5.41, 5.74) is 4.15. The van der Waals surface area contributed by atoms with Gasteiger partial charge >= 0.3 is 12.1 Å². The quantitative estimate of drug-likeness (QED) is 0.657. The highest BCUT2D eigenvalue weighted by atomic mass is 16.4. The van der Waals surface area contributed by atoms with Gasteiger partial charge in [0.05, 0.1) is 6.07 Å². The Balaban J connectivity index is 2.77. The van der Waals surface area contributed by atoms with Gasteiger partial charge in [-0.25, -0.2) is 9.59 Å². The second-order valence-electron chi connectivity index (χ2n) is 3.81. The van der Waals surface area contributed by atoms with Crippen LogP contribution in [-0.4, -0.2) is 52.7 Å². The summed E-state index contributed by atoms with van der Waals surface area (Å²) in [6.07, 6.45) is -0.432. The molecule has 0 radical (unpaired) electrons. The van der Waals surface area contributed by atoms with Crippen molar-refractivity contribution in [1.82, 2.24) is 9.80 Å². The highest BCUT2D eigenvalue weighted by molar-refractivity contribution is 5.73. The number of hydrogen-bond donors (Lipinski definition) is 2. The molecule has 0 aromatic carbocycles. The SMILES string of the molecule is CN(C(N)=O)C1(C#N)CCN(C(=O)O)CC1. The van der Waals surface area contributed by atoms with Crippen LogP contribution < -0.4 is 5.73 Å². The van der Waals surface area contributed by atoms with Gasteiger partial charge in [0, 0.05) is 33.0 Å². The lowest BCUT2D eigenvalue weighted by atomic mass is 9.88. The average molecular weight is 226 g/mol. The predicted octanol–water partition coefficient (Wildman–Crippen LogP) is 0.0331. The molecule has 7 nitrogen and oxygen atoms in total. The zero-order valence-corrected chi connectivity index (χ0v) is 9.01. The maximum atomic E-state index is 11.0. The molecule has 1 aliphatic heterocycles. The zero-order valence-electron chi connectivity index (χ0n) is 9.01. The second-order valence-corrected chi connectivity index (χ2v) is 3.81. The van der Waals surface area contributed by atoms with Gasteiger partial charge in [0.15, 0.2) is 0 Å². The van der Waals surface area contributed by atoms with Gasteiger partial charge < -0.3 is 20.6 Å². The van der Waals surface area contributed by atoms with E-state index in [0.717, 1.165) is 0 Å². The Morgan fingerprint density at radius 3 is 2.31 bits per heavy atom. The zero-order chi connectivity index (χ0) is 12.3. The Kier molecular flexibility index (Phi) is 3.22. The summed E-state index contributed by atoms with van der Waals surface area (Å²) in [5, 5.41) is 17.9. The Morgan fingerprint density at radius 2 is 2.00 bits per heavy atom. The number of likely N-dealkylation sites (tertiary alicyclic amines) is 1. The van der Waals surface area contributed by atoms with Gasteiger partial charge in [-0.3, -0.25) is 0 Å². The number of piperidine rings is 1. The van der Waals surface area contributed by atoms with Gasteiger partial charge in [-0.15, -0.1) is 0 Å². The van der Waals surface area contributed by atoms with Crippen LogP contribution in [0.2, 0.25) is 0 Å². The van der Waals surface area contributed by atoms with E-state index in [1.807, 2.05) is 0 Å². The standard InChI is InChI=1S/C9H14N4O3/c1-12(7(11)14)9(6-10)2-4-13(5-3-9)8(15)16/h2-5H2,1H3,(H2,11,14)(H,15,16). The van der Waals surface area contributed by atoms with E-state index < -0.39 is 17.7 Å². The van der Waals surface area contributed by atoms with E-state index in [2.05, 4.69) is 6.07 Å². The summed E-state index contributed by atoms with van der Waals surface area (Å²) in [6.45, 7) is 0.473. The van der Waals surface area contributed by atoms with E-state index in [0.29, 0.717) is 0 Å². The van der Waals surface area contributed by atoms with Gasteiger partial charge in [0.25, 0.3) is 0 Å². The maximum absolute atomic E-state index is 11.0. The summed E-state index contributed by atoms with van der Waals surface area (Å²) in [7, 11) is 1.46. The van der Waals surface area contributed by atoms with Crippen molar-refractivity contribution >= 4 is 12.1 Å². The highest BCUT2D eigenvalue weighted by Crippen LogP contribution is 2.27. The highest BCUT2D eigenvalue weighted by Gasteiger charge is 2.41. The van der Waals surface area contributed by atoms with Crippen molar-refractivity contribution in [1.29, 1.82) is 5.26 Å². The third kappa shape index (κ3) is 2.00. The van der Waals surface area contributed by atoms with E-state index in [4.69, 9.17) is 16.1 Å². The summed E-state index contributed by atoms with van der Waals surface area (Å²) in [4.78, 5) is 24.2. The lowest BCUT2D eigenvalue weighted by molar-refractivity contribution is 0.0898. The van der Waals surface area contributed by atoms with E-state index in [1.54, 1.807) is 0 Å². The van der Waals surface area contributed by atoms with Gasteiger partial charge in [-0.1, -0.05) is 0 Å². The first-order valence-electron chi connectivity index (χ1n) is 4.85. The lowest BCUT2D eigenvalue weighted by Crippen LogP contribution is -2.57. The Morgan fingerprint density at radius 1 is 1.50 bits per heavy atom. The van der Waals surface area contributed by atoms with Crippen molar-refractivity contribution in [2.75, 3.05) is 20.1 Å². The number of primary amides is 1. The average Bonchev–Trinajstić information content (AvgIpc) is 2.27. The fourth-order valence-corrected chi connectivity index (χ4v) is 1.80. The van der Waals surface area contributed by atoms with Crippen molar-refractivity contribution in [3.05, 3.63) is 0 Å². The van der Waals surface area contributed by atoms with Gasteiger partial charge in [-0.05, 0) is 0 Å². The van der Waals surface area contributed by atoms with E-state index >= 15 is 0 Å². The van der Waals surface area contributed by atoms with Crippen LogP contribution in [0, 0.1) is 11.3 Å². The first-order valence-corrected chi connectivity index (χ1v) is 4.85. The monoisotopic (exact) mass is 226 g/mol. The number of hydrogen-bond acceptors (Lipinski definition) is 3. The number of nitriles is 1. The van der Waals surface area contributed by atoms with Crippen LogP contribution in [-0.2, 0) is 0 Å². The second kappa shape index (κ2) is 4.26. The maximum Gasteiger partial charge on any atom is 0.407 e. The van der Waals surface area contributed by atoms with Crippen LogP contribution in [0.15, 0.2) is 0 Å². The molecule has 0 aliphatic carbocycles. The summed E-state index contributed by atoms with van der Waals surface area (Å²) >= 11 is 0. The minimum absolute atomic E-state index is 0.237. The number of rotatable bonds is 1. The molecule has 7 heteroatoms. The molecule has 1 aliphatic rings. The molecule has 0 bridgehead atoms. The number of carboxylic acid groups (broad SMARTS) is 1. The molecule has 3 amide bonds. The first kappa shape index (κ1) is 12.1. The smallest absolute Gasteiger partial charge is 0.407 e. The van der Waals surface area contributed by atoms with Gasteiger partial charge in [0.2, 0.25) is 0 Å². The van der Waals surface area contributed by atoms with E-state index in [9.17, 15) is 9.59 Å². The van der Waals surface area contributed by atoms with Crippen LogP contribution in [0.25, 0.3) is 0 Å². The summed E-state index contributed by atoms with van der Waals surface area (Å²) < 4.78 is 0. The Hall–Kier alpha value is -1.97. The number of urea groups is 1. The topological polar surface area (TPSA) is 111 Å². The number of amides is 3. The van der Waals surface area contributed by atoms with E-state index in [-0.39, 0.29) is 25.9 Å². The lowest BCUT2D eigenvalue weighted by Gasteiger charge is -2.41. The predicted molar refractivity (Wildman–Crippen MR) is 54.5 cm³/mol. The van der Waals surface area contributed by atoms with E-state index in [1.165, 1.54) is 16.8 Å². The third-order valence-corrected chi connectivity index (χ3v) is 3.04. The molecule has 1 fully saturated rings. The van der Waals surface area contributed by atoms with Crippen molar-refractivity contribution in [3.63, 3.8) is 0 Å². The summed E-state index contributed by atoms with van der Waals surface area (Å²) in [5.74, 6) is 0. The van der Waals surface area contributed by atoms with Crippen molar-refractivity contribution in [2.24, 2.45) is 5.73 Å². The largest absolute Gasteiger partial charge is 0.465 e.